The van der Waals surface area contributed by atoms with Crippen molar-refractivity contribution in [3.05, 3.63) is 64.8 Å². The van der Waals surface area contributed by atoms with Crippen LogP contribution in [-0.4, -0.2) is 20.5 Å². The molecule has 0 unspecified atom stereocenters. The second-order valence-corrected chi connectivity index (χ2v) is 5.21. The lowest BCUT2D eigenvalue weighted by Gasteiger charge is -2.13. The van der Waals surface area contributed by atoms with Crippen LogP contribution in [0.15, 0.2) is 42.6 Å². The minimum absolute atomic E-state index is 0.0656. The van der Waals surface area contributed by atoms with Crippen molar-refractivity contribution in [3.63, 3.8) is 0 Å². The van der Waals surface area contributed by atoms with E-state index >= 15 is 0 Å². The van der Waals surface area contributed by atoms with Gasteiger partial charge in [-0.2, -0.15) is 0 Å². The van der Waals surface area contributed by atoms with Crippen LogP contribution in [0.5, 0.6) is 0 Å². The van der Waals surface area contributed by atoms with Crippen molar-refractivity contribution in [2.75, 3.05) is 0 Å². The van der Waals surface area contributed by atoms with E-state index in [-0.39, 0.29) is 16.6 Å². The van der Waals surface area contributed by atoms with Gasteiger partial charge in [0.05, 0.1) is 16.6 Å². The van der Waals surface area contributed by atoms with Crippen molar-refractivity contribution in [1.82, 2.24) is 19.9 Å². The summed E-state index contributed by atoms with van der Waals surface area (Å²) in [4.78, 5) is 12.2. The quantitative estimate of drug-likeness (QED) is 0.807. The molecule has 0 bridgehead atoms. The molecule has 7 heteroatoms. The predicted octanol–water partition coefficient (Wildman–Crippen LogP) is 3.01. The summed E-state index contributed by atoms with van der Waals surface area (Å²) in [5.41, 5.74) is 0.905. The van der Waals surface area contributed by atoms with Crippen LogP contribution in [-0.2, 0) is 0 Å². The van der Waals surface area contributed by atoms with E-state index in [1.54, 1.807) is 11.3 Å². The van der Waals surface area contributed by atoms with E-state index < -0.39 is 11.7 Å². The Hall–Kier alpha value is -2.47. The van der Waals surface area contributed by atoms with Crippen molar-refractivity contribution in [2.45, 2.75) is 13.0 Å². The molecule has 0 aliphatic heterocycles. The van der Waals surface area contributed by atoms with Gasteiger partial charge in [0, 0.05) is 6.20 Å². The number of nitrogens with zero attached hydrogens (tertiary/aromatic N) is 3. The first kappa shape index (κ1) is 14.5. The number of pyridine rings is 1. The van der Waals surface area contributed by atoms with Crippen molar-refractivity contribution in [3.8, 4) is 0 Å². The van der Waals surface area contributed by atoms with Gasteiger partial charge in [0.25, 0.3) is 5.91 Å². The molecule has 112 valence electrons. The number of hydrogen-bond acceptors (Lipinski definition) is 3. The lowest BCUT2D eigenvalue weighted by atomic mass is 10.2. The van der Waals surface area contributed by atoms with Crippen LogP contribution in [0.1, 0.15) is 29.1 Å². The number of halogens is 2. The molecule has 0 saturated heterocycles. The van der Waals surface area contributed by atoms with E-state index in [0.29, 0.717) is 11.5 Å². The summed E-state index contributed by atoms with van der Waals surface area (Å²) in [6, 6.07) is 8.79. The zero-order valence-electron chi connectivity index (χ0n) is 11.6. The minimum Gasteiger partial charge on any atom is -0.342 e. The van der Waals surface area contributed by atoms with Crippen molar-refractivity contribution in [1.29, 1.82) is 0 Å². The molecule has 3 rings (SSSR count). The van der Waals surface area contributed by atoms with Gasteiger partial charge < -0.3 is 5.32 Å². The molecule has 22 heavy (non-hydrogen) atoms. The largest absolute Gasteiger partial charge is 0.342 e. The molecule has 5 nitrogen and oxygen atoms in total. The maximum atomic E-state index is 13.0. The Labute approximate surface area is 130 Å². The molecule has 0 fully saturated rings. The highest BCUT2D eigenvalue weighted by atomic mass is 35.5. The number of carbonyl (C=O) groups excluding carboxylic acids is 1. The zero-order valence-corrected chi connectivity index (χ0v) is 12.4. The van der Waals surface area contributed by atoms with E-state index in [4.69, 9.17) is 11.6 Å². The summed E-state index contributed by atoms with van der Waals surface area (Å²) in [7, 11) is 0. The van der Waals surface area contributed by atoms with Crippen LogP contribution in [0, 0.1) is 5.82 Å². The van der Waals surface area contributed by atoms with Crippen LogP contribution in [0.4, 0.5) is 4.39 Å². The Morgan fingerprint density at radius 1 is 1.32 bits per heavy atom. The second-order valence-electron chi connectivity index (χ2n) is 4.81. The van der Waals surface area contributed by atoms with Crippen molar-refractivity contribution >= 4 is 23.2 Å². The summed E-state index contributed by atoms with van der Waals surface area (Å²) in [5.74, 6) is -0.287. The Kier molecular flexibility index (Phi) is 3.77. The Morgan fingerprint density at radius 2 is 2.14 bits per heavy atom. The Balaban J connectivity index is 1.84. The predicted molar refractivity (Wildman–Crippen MR) is 80.3 cm³/mol. The summed E-state index contributed by atoms with van der Waals surface area (Å²) in [5, 5.41) is 11.0. The van der Waals surface area contributed by atoms with E-state index in [1.165, 1.54) is 12.1 Å². The third-order valence-corrected chi connectivity index (χ3v) is 3.56. The maximum absolute atomic E-state index is 13.0. The third-order valence-electron chi connectivity index (χ3n) is 3.25. The normalized spacial score (nSPS) is 12.3. The van der Waals surface area contributed by atoms with Crippen LogP contribution in [0.2, 0.25) is 5.02 Å². The monoisotopic (exact) mass is 318 g/mol. The van der Waals surface area contributed by atoms with E-state index in [1.807, 2.05) is 24.4 Å². The lowest BCUT2D eigenvalue weighted by molar-refractivity contribution is 0.0938. The standard InChI is InChI=1S/C15H12ClFN4O/c1-9(14-20-19-13-4-2-3-7-21(13)14)18-15(22)11-6-5-10(17)8-12(11)16/h2-9H,1H3,(H,18,22)/t9-/m1/s1. The Morgan fingerprint density at radius 3 is 2.91 bits per heavy atom. The fourth-order valence-electron chi connectivity index (χ4n) is 2.17. The first-order valence-electron chi connectivity index (χ1n) is 6.62. The number of carbonyl (C=O) groups is 1. The fraction of sp³-hybridized carbons (Fsp3) is 0.133. The van der Waals surface area contributed by atoms with Crippen LogP contribution in [0.3, 0.4) is 0 Å². The lowest BCUT2D eigenvalue weighted by Crippen LogP contribution is -2.28. The number of rotatable bonds is 3. The number of nitrogens with one attached hydrogen (secondary N) is 1. The van der Waals surface area contributed by atoms with Gasteiger partial charge in [0.15, 0.2) is 11.5 Å². The average Bonchev–Trinajstić information content (AvgIpc) is 2.91. The number of hydrogen-bond donors (Lipinski definition) is 1. The fourth-order valence-corrected chi connectivity index (χ4v) is 2.42. The van der Waals surface area contributed by atoms with Gasteiger partial charge in [-0.25, -0.2) is 4.39 Å². The van der Waals surface area contributed by atoms with Gasteiger partial charge in [-0.1, -0.05) is 17.7 Å². The van der Waals surface area contributed by atoms with Gasteiger partial charge >= 0.3 is 0 Å². The smallest absolute Gasteiger partial charge is 0.253 e. The summed E-state index contributed by atoms with van der Waals surface area (Å²) in [6.07, 6.45) is 1.82. The van der Waals surface area contributed by atoms with Gasteiger partial charge in [-0.05, 0) is 37.3 Å². The van der Waals surface area contributed by atoms with E-state index in [2.05, 4.69) is 15.5 Å². The SMILES string of the molecule is C[C@@H](NC(=O)c1ccc(F)cc1Cl)c1nnc2ccccn12. The van der Waals surface area contributed by atoms with Crippen LogP contribution < -0.4 is 5.32 Å². The molecule has 1 N–H and O–H groups in total. The molecule has 0 spiro atoms. The molecule has 0 aliphatic rings. The van der Waals surface area contributed by atoms with Gasteiger partial charge in [0.2, 0.25) is 0 Å². The van der Waals surface area contributed by atoms with Gasteiger partial charge in [-0.15, -0.1) is 10.2 Å². The van der Waals surface area contributed by atoms with Crippen molar-refractivity contribution < 1.29 is 9.18 Å². The molecule has 0 aliphatic carbocycles. The number of benzene rings is 1. The molecule has 1 amide bonds. The Bertz CT molecular complexity index is 848. The average molecular weight is 319 g/mol. The number of aromatic nitrogens is 3. The molecule has 1 atom stereocenters. The van der Waals surface area contributed by atoms with Crippen LogP contribution >= 0.6 is 11.6 Å². The molecule has 3 aromatic rings. The first-order chi connectivity index (χ1) is 10.6. The summed E-state index contributed by atoms with van der Waals surface area (Å²) >= 11 is 5.89. The third kappa shape index (κ3) is 2.65. The first-order valence-corrected chi connectivity index (χ1v) is 6.99. The minimum atomic E-state index is -0.488. The molecular weight excluding hydrogens is 307 g/mol. The van der Waals surface area contributed by atoms with Crippen molar-refractivity contribution in [2.24, 2.45) is 0 Å². The second kappa shape index (κ2) is 5.73. The zero-order chi connectivity index (χ0) is 15.7. The topological polar surface area (TPSA) is 59.3 Å². The van der Waals surface area contributed by atoms with Gasteiger partial charge in [0.1, 0.15) is 5.82 Å². The molecule has 0 saturated carbocycles. The van der Waals surface area contributed by atoms with E-state index in [9.17, 15) is 9.18 Å². The van der Waals surface area contributed by atoms with Gasteiger partial charge in [-0.3, -0.25) is 9.20 Å². The number of fused-ring (bicyclic) bond motifs is 1. The van der Waals surface area contributed by atoms with Crippen LogP contribution in [0.25, 0.3) is 5.65 Å². The summed E-state index contributed by atoms with van der Waals surface area (Å²) in [6.45, 7) is 1.79. The molecule has 0 radical (unpaired) electrons. The highest BCUT2D eigenvalue weighted by Gasteiger charge is 2.18. The molecule has 1 aromatic carbocycles. The highest BCUT2D eigenvalue weighted by molar-refractivity contribution is 6.33. The summed E-state index contributed by atoms with van der Waals surface area (Å²) < 4.78 is 14.8. The maximum Gasteiger partial charge on any atom is 0.253 e. The molecule has 2 heterocycles. The molecular formula is C15H12ClFN4O. The molecule has 2 aromatic heterocycles. The van der Waals surface area contributed by atoms with E-state index in [0.717, 1.165) is 6.07 Å². The number of amides is 1. The highest BCUT2D eigenvalue weighted by Crippen LogP contribution is 2.19.